The van der Waals surface area contributed by atoms with Crippen LogP contribution in [0.1, 0.15) is 33.6 Å². The smallest absolute Gasteiger partial charge is 0.139 e. The second-order valence-electron chi connectivity index (χ2n) is 10.5. The molecule has 1 heterocycles. The molecule has 5 aromatic rings. The molecule has 0 amide bonds. The van der Waals surface area contributed by atoms with Gasteiger partial charge in [0.2, 0.25) is 0 Å². The van der Waals surface area contributed by atoms with Crippen LogP contribution in [0.25, 0.3) is 55.9 Å². The van der Waals surface area contributed by atoms with E-state index in [0.29, 0.717) is 67.3 Å². The van der Waals surface area contributed by atoms with E-state index in [9.17, 15) is 31.6 Å². The van der Waals surface area contributed by atoms with Gasteiger partial charge in [-0.1, -0.05) is 48.5 Å². The van der Waals surface area contributed by atoms with Crippen LogP contribution in [-0.2, 0) is 0 Å². The summed E-state index contributed by atoms with van der Waals surface area (Å²) in [6.45, 7) is 0. The first kappa shape index (κ1) is 27.2. The highest BCUT2D eigenvalue weighted by Gasteiger charge is 2.36. The molecule has 1 aromatic heterocycles. The van der Waals surface area contributed by atoms with Crippen molar-refractivity contribution in [1.29, 1.82) is 31.6 Å². The molecule has 206 valence electrons. The number of benzene rings is 4. The third kappa shape index (κ3) is 4.02. The van der Waals surface area contributed by atoms with Crippen LogP contribution in [-0.4, -0.2) is 9.97 Å². The lowest BCUT2D eigenvalue weighted by Gasteiger charge is -2.07. The highest BCUT2D eigenvalue weighted by atomic mass is 14.9. The van der Waals surface area contributed by atoms with Crippen molar-refractivity contribution in [3.8, 4) is 81.2 Å². The Kier molecular flexibility index (Phi) is 6.26. The third-order valence-electron chi connectivity index (χ3n) is 8.10. The molecule has 0 radical (unpaired) electrons. The minimum absolute atomic E-state index is 0.119. The normalized spacial score (nSPS) is 11.3. The van der Waals surface area contributed by atoms with E-state index >= 15 is 0 Å². The fourth-order valence-corrected chi connectivity index (χ4v) is 5.94. The van der Waals surface area contributed by atoms with E-state index in [1.165, 1.54) is 0 Å². The minimum atomic E-state index is -0.119. The van der Waals surface area contributed by atoms with Crippen molar-refractivity contribution in [3.63, 3.8) is 0 Å². The SMILES string of the molecule is N#CC(C#N)=C1c2cc(-c3ccc(C#N)cc3)ccc2-c2nc3c(nc21)-c1ccc(-c2ccc(C#N)cc2)cc1C3=C(C#N)C#N. The number of rotatable bonds is 2. The number of hydrogen-bond acceptors (Lipinski definition) is 8. The molecular weight excluding hydrogens is 568 g/mol. The molecule has 2 aliphatic rings. The van der Waals surface area contributed by atoms with E-state index in [-0.39, 0.29) is 11.1 Å². The van der Waals surface area contributed by atoms with Crippen molar-refractivity contribution in [2.45, 2.75) is 0 Å². The first-order valence-electron chi connectivity index (χ1n) is 13.9. The molecule has 46 heavy (non-hydrogen) atoms. The van der Waals surface area contributed by atoms with Gasteiger partial charge in [-0.25, -0.2) is 9.97 Å². The van der Waals surface area contributed by atoms with Crippen molar-refractivity contribution in [2.24, 2.45) is 0 Å². The van der Waals surface area contributed by atoms with Gasteiger partial charge in [-0.3, -0.25) is 0 Å². The molecule has 0 fully saturated rings. The van der Waals surface area contributed by atoms with E-state index in [2.05, 4.69) is 12.1 Å². The van der Waals surface area contributed by atoms with E-state index in [1.807, 2.05) is 84.9 Å². The summed E-state index contributed by atoms with van der Waals surface area (Å²) in [7, 11) is 0. The number of aromatic nitrogens is 2. The second kappa shape index (κ2) is 10.6. The van der Waals surface area contributed by atoms with Gasteiger partial charge in [-0.05, 0) is 69.8 Å². The predicted octanol–water partition coefficient (Wildman–Crippen LogP) is 7.21. The zero-order valence-electron chi connectivity index (χ0n) is 23.7. The third-order valence-corrected chi connectivity index (χ3v) is 8.10. The lowest BCUT2D eigenvalue weighted by atomic mass is 9.95. The lowest BCUT2D eigenvalue weighted by molar-refractivity contribution is 1.18. The monoisotopic (exact) mass is 582 g/mol. The molecule has 0 bridgehead atoms. The van der Waals surface area contributed by atoms with Crippen molar-refractivity contribution < 1.29 is 0 Å². The fraction of sp³-hybridized carbons (Fsp3) is 0. The summed E-state index contributed by atoms with van der Waals surface area (Å²) in [5, 5.41) is 58.3. The topological polar surface area (TPSA) is 169 Å². The van der Waals surface area contributed by atoms with Crippen molar-refractivity contribution >= 4 is 11.1 Å². The Morgan fingerprint density at radius 3 is 1.07 bits per heavy atom. The van der Waals surface area contributed by atoms with Crippen LogP contribution in [0, 0.1) is 68.0 Å². The summed E-state index contributed by atoms with van der Waals surface area (Å²) >= 11 is 0. The van der Waals surface area contributed by atoms with Gasteiger partial charge >= 0.3 is 0 Å². The van der Waals surface area contributed by atoms with Crippen LogP contribution in [0.5, 0.6) is 0 Å². The van der Waals surface area contributed by atoms with Crippen LogP contribution in [0.4, 0.5) is 0 Å². The Hall–Kier alpha value is -7.62. The average molecular weight is 583 g/mol. The highest BCUT2D eigenvalue weighted by molar-refractivity contribution is 6.07. The van der Waals surface area contributed by atoms with Crippen molar-refractivity contribution in [2.75, 3.05) is 0 Å². The summed E-state index contributed by atoms with van der Waals surface area (Å²) in [5.41, 5.74) is 8.99. The predicted molar refractivity (Wildman–Crippen MR) is 168 cm³/mol. The fourth-order valence-electron chi connectivity index (χ4n) is 5.94. The molecule has 0 aliphatic heterocycles. The summed E-state index contributed by atoms with van der Waals surface area (Å²) in [6, 6.07) is 37.7. The lowest BCUT2D eigenvalue weighted by Crippen LogP contribution is -1.98. The van der Waals surface area contributed by atoms with Gasteiger partial charge < -0.3 is 0 Å². The van der Waals surface area contributed by atoms with Crippen LogP contribution >= 0.6 is 0 Å². The van der Waals surface area contributed by atoms with Crippen molar-refractivity contribution in [1.82, 2.24) is 9.97 Å². The van der Waals surface area contributed by atoms with E-state index in [0.717, 1.165) is 22.3 Å². The Morgan fingerprint density at radius 2 is 0.739 bits per heavy atom. The second-order valence-corrected chi connectivity index (χ2v) is 10.5. The standard InChI is InChI=1S/C38H14N8/c39-15-21-1-5-23(6-2-21)25-9-11-29-31(13-25)33(27(17-41)18-42)37-35(29)45-38-34(28(19-43)20-44)32-14-26(10-12-30(32)36(38)46-37)24-7-3-22(16-40)4-8-24/h1-14H. The highest BCUT2D eigenvalue weighted by Crippen LogP contribution is 2.51. The maximum absolute atomic E-state index is 9.98. The molecule has 4 aromatic carbocycles. The van der Waals surface area contributed by atoms with E-state index in [1.54, 1.807) is 24.3 Å². The van der Waals surface area contributed by atoms with Gasteiger partial charge in [-0.15, -0.1) is 0 Å². The Balaban J connectivity index is 1.46. The number of fused-ring (bicyclic) bond motifs is 6. The van der Waals surface area contributed by atoms with Gasteiger partial charge in [0.15, 0.2) is 0 Å². The summed E-state index contributed by atoms with van der Waals surface area (Å²) in [5.74, 6) is 0. The van der Waals surface area contributed by atoms with Crippen molar-refractivity contribution in [3.05, 3.63) is 130 Å². The molecule has 8 heteroatoms. The molecule has 2 aliphatic carbocycles. The molecular formula is C38H14N8. The van der Waals surface area contributed by atoms with Crippen LogP contribution < -0.4 is 0 Å². The first-order valence-corrected chi connectivity index (χ1v) is 13.9. The van der Waals surface area contributed by atoms with Gasteiger partial charge in [0.05, 0.1) is 34.7 Å². The quantitative estimate of drug-likeness (QED) is 0.192. The zero-order valence-corrected chi connectivity index (χ0v) is 23.7. The van der Waals surface area contributed by atoms with Gasteiger partial charge in [0, 0.05) is 22.3 Å². The molecule has 0 saturated heterocycles. The number of nitrogens with zero attached hydrogens (tertiary/aromatic N) is 8. The Morgan fingerprint density at radius 1 is 0.391 bits per heavy atom. The zero-order chi connectivity index (χ0) is 31.9. The number of nitriles is 6. The van der Waals surface area contributed by atoms with Crippen LogP contribution in [0.3, 0.4) is 0 Å². The maximum Gasteiger partial charge on any atom is 0.139 e. The van der Waals surface area contributed by atoms with E-state index in [4.69, 9.17) is 9.97 Å². The molecule has 7 rings (SSSR count). The average Bonchev–Trinajstić information content (AvgIpc) is 3.60. The van der Waals surface area contributed by atoms with Gasteiger partial charge in [0.25, 0.3) is 0 Å². The van der Waals surface area contributed by atoms with Crippen LogP contribution in [0.15, 0.2) is 96.1 Å². The summed E-state index contributed by atoms with van der Waals surface area (Å²) in [6.07, 6.45) is 0. The first-order chi connectivity index (χ1) is 22.5. The van der Waals surface area contributed by atoms with Crippen LogP contribution in [0.2, 0.25) is 0 Å². The molecule has 0 spiro atoms. The molecule has 0 unspecified atom stereocenters. The summed E-state index contributed by atoms with van der Waals surface area (Å²) < 4.78 is 0. The molecule has 0 N–H and O–H groups in total. The number of allylic oxidation sites excluding steroid dienone is 2. The molecule has 8 nitrogen and oxygen atoms in total. The van der Waals surface area contributed by atoms with Gasteiger partial charge in [-0.2, -0.15) is 31.6 Å². The summed E-state index contributed by atoms with van der Waals surface area (Å²) in [4.78, 5) is 9.98. The molecule has 0 saturated carbocycles. The Bertz CT molecular complexity index is 2300. The minimum Gasteiger partial charge on any atom is -0.243 e. The number of hydrogen-bond donors (Lipinski definition) is 0. The molecule has 0 atom stereocenters. The van der Waals surface area contributed by atoms with E-state index < -0.39 is 0 Å². The van der Waals surface area contributed by atoms with Gasteiger partial charge in [0.1, 0.15) is 46.8 Å². The maximum atomic E-state index is 9.98. The Labute approximate surface area is 263 Å². The largest absolute Gasteiger partial charge is 0.243 e.